The van der Waals surface area contributed by atoms with Crippen molar-refractivity contribution >= 4 is 44.6 Å². The fourth-order valence-electron chi connectivity index (χ4n) is 7.27. The van der Waals surface area contributed by atoms with Gasteiger partial charge in [-0.05, 0) is 76.2 Å². The minimum absolute atomic E-state index is 0. The van der Waals surface area contributed by atoms with Crippen LogP contribution in [0.15, 0.2) is 182 Å². The average molecular weight is 875 g/mol. The number of ether oxygens (including phenoxy) is 1. The maximum Gasteiger partial charge on any atom is 0.135 e. The molecular weight excluding hydrogens is 844 g/mol. The minimum atomic E-state index is 0. The standard InChI is InChI=1S/C48H31N4O.Pt/c1-3-14-34(15-4-1)36-28-37(35-16-5-2-6-17-35)30-39(29-36)51-33-50(45-22-9-10-23-46(45)51)38-18-13-19-40(31-38)53-41-25-26-43-42-20-7-8-21-44(42)52(47(43)32-41)48-24-11-12-27-49-48;/h1-30,33H;/q-3;. The molecule has 1 aliphatic heterocycles. The summed E-state index contributed by atoms with van der Waals surface area (Å²) in [6.07, 6.45) is 1.81. The summed E-state index contributed by atoms with van der Waals surface area (Å²) in [5, 5.41) is 2.23. The zero-order valence-electron chi connectivity index (χ0n) is 28.9. The van der Waals surface area contributed by atoms with Crippen LogP contribution in [0, 0.1) is 18.8 Å². The summed E-state index contributed by atoms with van der Waals surface area (Å²) < 4.78 is 8.64. The molecule has 0 saturated heterocycles. The molecule has 0 bridgehead atoms. The Balaban J connectivity index is 0.00000384. The predicted molar refractivity (Wildman–Crippen MR) is 215 cm³/mol. The van der Waals surface area contributed by atoms with Crippen LogP contribution in [0.4, 0.5) is 22.7 Å². The van der Waals surface area contributed by atoms with Crippen LogP contribution in [-0.4, -0.2) is 9.55 Å². The Morgan fingerprint density at radius 3 is 1.87 bits per heavy atom. The third-order valence-corrected chi connectivity index (χ3v) is 9.71. The molecule has 3 heterocycles. The summed E-state index contributed by atoms with van der Waals surface area (Å²) in [5.41, 5.74) is 10.7. The van der Waals surface area contributed by atoms with Gasteiger partial charge >= 0.3 is 0 Å². The molecule has 1 aliphatic rings. The molecule has 10 rings (SSSR count). The molecule has 0 atom stereocenters. The first-order chi connectivity index (χ1) is 26.3. The third-order valence-electron chi connectivity index (χ3n) is 9.71. The first-order valence-electron chi connectivity index (χ1n) is 17.6. The van der Waals surface area contributed by atoms with E-state index in [1.807, 2.05) is 42.6 Å². The summed E-state index contributed by atoms with van der Waals surface area (Å²) in [4.78, 5) is 9.09. The number of aromatic nitrogens is 2. The Morgan fingerprint density at radius 2 is 1.15 bits per heavy atom. The second-order valence-corrected chi connectivity index (χ2v) is 13.0. The van der Waals surface area contributed by atoms with Gasteiger partial charge in [-0.3, -0.25) is 0 Å². The molecule has 0 fully saturated rings. The summed E-state index contributed by atoms with van der Waals surface area (Å²) in [6, 6.07) is 67.9. The van der Waals surface area contributed by atoms with Gasteiger partial charge in [0.25, 0.3) is 0 Å². The average Bonchev–Trinajstić information content (AvgIpc) is 3.78. The molecule has 2 aromatic heterocycles. The van der Waals surface area contributed by atoms with Crippen LogP contribution in [0.1, 0.15) is 0 Å². The van der Waals surface area contributed by atoms with E-state index in [4.69, 9.17) is 4.74 Å². The summed E-state index contributed by atoms with van der Waals surface area (Å²) in [5.74, 6) is 2.03. The van der Waals surface area contributed by atoms with Crippen molar-refractivity contribution < 1.29 is 25.8 Å². The normalized spacial score (nSPS) is 12.1. The summed E-state index contributed by atoms with van der Waals surface area (Å²) in [7, 11) is 0. The van der Waals surface area contributed by atoms with E-state index < -0.39 is 0 Å². The summed E-state index contributed by atoms with van der Waals surface area (Å²) >= 11 is 0. The van der Waals surface area contributed by atoms with Gasteiger partial charge in [-0.1, -0.05) is 103 Å². The molecule has 0 amide bonds. The van der Waals surface area contributed by atoms with Crippen molar-refractivity contribution in [2.75, 3.05) is 9.80 Å². The van der Waals surface area contributed by atoms with Gasteiger partial charge < -0.3 is 19.1 Å². The van der Waals surface area contributed by atoms with Crippen LogP contribution in [0.5, 0.6) is 11.5 Å². The topological polar surface area (TPSA) is 33.5 Å². The number of anilines is 4. The van der Waals surface area contributed by atoms with Crippen LogP contribution in [-0.2, 0) is 21.1 Å². The van der Waals surface area contributed by atoms with Crippen LogP contribution < -0.4 is 14.5 Å². The molecule has 0 aliphatic carbocycles. The largest absolute Gasteiger partial charge is 0.509 e. The predicted octanol–water partition coefficient (Wildman–Crippen LogP) is 12.3. The Hall–Kier alpha value is -6.42. The second kappa shape index (κ2) is 14.2. The van der Waals surface area contributed by atoms with Gasteiger partial charge in [0.15, 0.2) is 0 Å². The van der Waals surface area contributed by atoms with E-state index in [0.29, 0.717) is 11.5 Å². The van der Waals surface area contributed by atoms with Gasteiger partial charge in [0.05, 0.1) is 0 Å². The zero-order valence-corrected chi connectivity index (χ0v) is 31.2. The summed E-state index contributed by atoms with van der Waals surface area (Å²) in [6.45, 7) is 2.14. The number of para-hydroxylation sites is 3. The van der Waals surface area contributed by atoms with E-state index >= 15 is 0 Å². The smallest absolute Gasteiger partial charge is 0.135 e. The molecule has 9 aromatic rings. The van der Waals surface area contributed by atoms with Crippen molar-refractivity contribution in [2.24, 2.45) is 0 Å². The van der Waals surface area contributed by atoms with Gasteiger partial charge in [0.1, 0.15) is 5.82 Å². The number of hydrogen-bond donors (Lipinski definition) is 0. The Morgan fingerprint density at radius 1 is 0.500 bits per heavy atom. The Bertz CT molecular complexity index is 2690. The molecule has 0 saturated carbocycles. The van der Waals surface area contributed by atoms with Crippen molar-refractivity contribution in [1.82, 2.24) is 9.55 Å². The van der Waals surface area contributed by atoms with Crippen molar-refractivity contribution in [3.63, 3.8) is 0 Å². The molecule has 6 heteroatoms. The molecule has 0 spiro atoms. The minimum Gasteiger partial charge on any atom is -0.509 e. The van der Waals surface area contributed by atoms with Gasteiger partial charge in [0.2, 0.25) is 0 Å². The molecule has 7 aromatic carbocycles. The van der Waals surface area contributed by atoms with Crippen LogP contribution in [0.3, 0.4) is 0 Å². The first kappa shape index (κ1) is 33.4. The number of benzene rings is 7. The number of pyridine rings is 1. The number of fused-ring (bicyclic) bond motifs is 4. The fraction of sp³-hybridized carbons (Fsp3) is 0. The molecule has 0 unspecified atom stereocenters. The second-order valence-electron chi connectivity index (χ2n) is 13.0. The van der Waals surface area contributed by atoms with Crippen molar-refractivity contribution in [1.29, 1.82) is 0 Å². The van der Waals surface area contributed by atoms with E-state index in [0.717, 1.165) is 61.5 Å². The van der Waals surface area contributed by atoms with Crippen LogP contribution in [0.25, 0.3) is 49.9 Å². The molecular formula is C48H31N4OPt-3. The molecule has 262 valence electrons. The van der Waals surface area contributed by atoms with E-state index in [-0.39, 0.29) is 21.1 Å². The molecule has 5 nitrogen and oxygen atoms in total. The van der Waals surface area contributed by atoms with Crippen LogP contribution in [0.2, 0.25) is 0 Å². The number of nitrogens with zero attached hydrogens (tertiary/aromatic N) is 4. The van der Waals surface area contributed by atoms with Crippen LogP contribution >= 0.6 is 0 Å². The number of rotatable bonds is 7. The van der Waals surface area contributed by atoms with E-state index in [1.165, 1.54) is 11.1 Å². The maximum absolute atomic E-state index is 6.50. The molecule has 0 radical (unpaired) electrons. The van der Waals surface area contributed by atoms with Crippen molar-refractivity contribution in [3.8, 4) is 39.6 Å². The van der Waals surface area contributed by atoms with E-state index in [1.54, 1.807) is 0 Å². The fourth-order valence-corrected chi connectivity index (χ4v) is 7.27. The van der Waals surface area contributed by atoms with E-state index in [9.17, 15) is 0 Å². The monoisotopic (exact) mass is 874 g/mol. The quantitative estimate of drug-likeness (QED) is 0.149. The van der Waals surface area contributed by atoms with Gasteiger partial charge in [-0.15, -0.1) is 48.1 Å². The Labute approximate surface area is 328 Å². The maximum atomic E-state index is 6.50. The van der Waals surface area contributed by atoms with Gasteiger partial charge in [-0.2, -0.15) is 12.1 Å². The zero-order chi connectivity index (χ0) is 35.1. The first-order valence-corrected chi connectivity index (χ1v) is 17.6. The van der Waals surface area contributed by atoms with Crippen molar-refractivity contribution in [2.45, 2.75) is 0 Å². The van der Waals surface area contributed by atoms with E-state index in [2.05, 4.69) is 178 Å². The van der Waals surface area contributed by atoms with Gasteiger partial charge in [-0.25, -0.2) is 4.98 Å². The van der Waals surface area contributed by atoms with Crippen molar-refractivity contribution in [3.05, 3.63) is 201 Å². The number of hydrogen-bond acceptors (Lipinski definition) is 4. The Kier molecular flexibility index (Phi) is 8.78. The third kappa shape index (κ3) is 6.03. The SMILES string of the molecule is [Pt].[c-]1c(Oc2[c-]c3c(cc2)c2ccccc2n3-c2ccccn2)cccc1N1[CH-]N(c2cc(-c3ccccc3)cc(-c3ccccc3)c2)c2ccccc21. The van der Waals surface area contributed by atoms with Gasteiger partial charge in [0, 0.05) is 61.3 Å². The molecule has 54 heavy (non-hydrogen) atoms. The molecule has 0 N–H and O–H groups in total.